The fraction of sp³-hybridized carbons (Fsp3) is 0.421. The molecule has 0 radical (unpaired) electrons. The number of ether oxygens (including phenoxy) is 1. The molecule has 1 saturated heterocycles. The number of aryl methyl sites for hydroxylation is 1. The number of carbonyl (C=O) groups excluding carboxylic acids is 2. The Hall–Kier alpha value is -3.03. The smallest absolute Gasteiger partial charge is 0.414 e. The van der Waals surface area contributed by atoms with E-state index < -0.39 is 0 Å². The van der Waals surface area contributed by atoms with Crippen molar-refractivity contribution in [3.8, 4) is 11.3 Å². The molecule has 2 heterocycles. The molecule has 8 nitrogen and oxygen atoms in total. The molecule has 0 saturated carbocycles. The normalized spacial score (nSPS) is 18.4. The second-order valence-corrected chi connectivity index (χ2v) is 6.92. The van der Waals surface area contributed by atoms with Crippen molar-refractivity contribution in [3.63, 3.8) is 0 Å². The number of cyclic esters (lactones) is 1. The summed E-state index contributed by atoms with van der Waals surface area (Å²) < 4.78 is 5.38. The summed E-state index contributed by atoms with van der Waals surface area (Å²) in [5.41, 5.74) is 5.30. The van der Waals surface area contributed by atoms with Gasteiger partial charge in [-0.3, -0.25) is 14.8 Å². The van der Waals surface area contributed by atoms with E-state index in [-0.39, 0.29) is 18.1 Å². The maximum atomic E-state index is 12.3. The van der Waals surface area contributed by atoms with Gasteiger partial charge in [0, 0.05) is 30.8 Å². The first-order chi connectivity index (χ1) is 13.1. The van der Waals surface area contributed by atoms with Crippen LogP contribution in [-0.4, -0.2) is 48.4 Å². The van der Waals surface area contributed by atoms with E-state index in [2.05, 4.69) is 26.9 Å². The van der Waals surface area contributed by atoms with Crippen LogP contribution in [0.25, 0.3) is 11.3 Å². The van der Waals surface area contributed by atoms with Gasteiger partial charge in [-0.05, 0) is 37.0 Å². The third-order valence-electron chi connectivity index (χ3n) is 5.10. The largest absolute Gasteiger partial charge is 0.442 e. The second-order valence-electron chi connectivity index (χ2n) is 6.92. The van der Waals surface area contributed by atoms with E-state index in [1.54, 1.807) is 4.90 Å². The van der Waals surface area contributed by atoms with Crippen molar-refractivity contribution in [2.45, 2.75) is 32.3 Å². The summed E-state index contributed by atoms with van der Waals surface area (Å²) in [5, 5.41) is 13.4. The summed E-state index contributed by atoms with van der Waals surface area (Å²) in [6, 6.07) is 6.06. The molecule has 1 aromatic heterocycles. The van der Waals surface area contributed by atoms with E-state index in [1.807, 2.05) is 19.2 Å². The van der Waals surface area contributed by atoms with Crippen LogP contribution in [0.5, 0.6) is 0 Å². The maximum absolute atomic E-state index is 12.3. The summed E-state index contributed by atoms with van der Waals surface area (Å²) in [6.45, 7) is 2.18. The number of amides is 2. The van der Waals surface area contributed by atoms with Gasteiger partial charge in [-0.2, -0.15) is 5.10 Å². The molecule has 1 unspecified atom stereocenters. The molecule has 3 N–H and O–H groups in total. The van der Waals surface area contributed by atoms with Crippen LogP contribution in [0.3, 0.4) is 0 Å². The van der Waals surface area contributed by atoms with Crippen LogP contribution < -0.4 is 15.5 Å². The minimum atomic E-state index is -0.389. The van der Waals surface area contributed by atoms with Crippen LogP contribution >= 0.6 is 0 Å². The Morgan fingerprint density at radius 1 is 1.41 bits per heavy atom. The van der Waals surface area contributed by atoms with Gasteiger partial charge in [0.05, 0.1) is 18.8 Å². The molecule has 4 rings (SSSR count). The van der Waals surface area contributed by atoms with Gasteiger partial charge in [0.1, 0.15) is 6.10 Å². The lowest BCUT2D eigenvalue weighted by Crippen LogP contribution is -2.33. The van der Waals surface area contributed by atoms with Crippen molar-refractivity contribution >= 4 is 23.5 Å². The van der Waals surface area contributed by atoms with Gasteiger partial charge in [0.25, 0.3) is 0 Å². The molecule has 2 aliphatic rings. The molecule has 1 aromatic carbocycles. The topological polar surface area (TPSA) is 99.4 Å². The molecule has 1 fully saturated rings. The fourth-order valence-electron chi connectivity index (χ4n) is 3.77. The summed E-state index contributed by atoms with van der Waals surface area (Å²) >= 11 is 0. The molecule has 1 atom stereocenters. The van der Waals surface area contributed by atoms with E-state index in [9.17, 15) is 9.59 Å². The van der Waals surface area contributed by atoms with Gasteiger partial charge >= 0.3 is 6.09 Å². The first kappa shape index (κ1) is 17.4. The number of nitrogens with zero attached hydrogens (tertiary/aromatic N) is 2. The van der Waals surface area contributed by atoms with Crippen LogP contribution in [0.4, 0.5) is 16.3 Å². The number of H-pyrrole nitrogens is 1. The van der Waals surface area contributed by atoms with E-state index in [0.717, 1.165) is 42.0 Å². The van der Waals surface area contributed by atoms with E-state index in [0.29, 0.717) is 13.1 Å². The number of benzene rings is 1. The number of rotatable bonds is 4. The standard InChI is InChI=1S/C19H23N5O3/c1-11(25)21-9-14-10-24(19(26)27-14)13-7-6-12-4-3-5-15-17(16(12)8-13)22-23-18(15)20-2/h6-8,14H,3-5,9-10H2,1-2H3,(H,21,25)(H2,20,22,23). The van der Waals surface area contributed by atoms with Crippen LogP contribution in [-0.2, 0) is 22.4 Å². The zero-order chi connectivity index (χ0) is 19.0. The average Bonchev–Trinajstić information content (AvgIpc) is 3.18. The number of nitrogens with one attached hydrogen (secondary N) is 3. The monoisotopic (exact) mass is 369 g/mol. The van der Waals surface area contributed by atoms with Crippen molar-refractivity contribution in [2.24, 2.45) is 0 Å². The predicted octanol–water partition coefficient (Wildman–Crippen LogP) is 2.07. The Morgan fingerprint density at radius 3 is 3.04 bits per heavy atom. The predicted molar refractivity (Wildman–Crippen MR) is 102 cm³/mol. The first-order valence-electron chi connectivity index (χ1n) is 9.17. The lowest BCUT2D eigenvalue weighted by molar-refractivity contribution is -0.119. The zero-order valence-corrected chi connectivity index (χ0v) is 15.5. The highest BCUT2D eigenvalue weighted by atomic mass is 16.6. The van der Waals surface area contributed by atoms with Gasteiger partial charge < -0.3 is 15.4 Å². The van der Waals surface area contributed by atoms with Crippen LogP contribution in [0, 0.1) is 0 Å². The van der Waals surface area contributed by atoms with Crippen LogP contribution in [0.2, 0.25) is 0 Å². The molecule has 142 valence electrons. The molecule has 1 aliphatic heterocycles. The summed E-state index contributed by atoms with van der Waals surface area (Å²) in [7, 11) is 1.87. The summed E-state index contributed by atoms with van der Waals surface area (Å²) in [4.78, 5) is 25.0. The number of hydrogen-bond donors (Lipinski definition) is 3. The highest BCUT2D eigenvalue weighted by Crippen LogP contribution is 2.37. The average molecular weight is 369 g/mol. The number of hydrogen-bond acceptors (Lipinski definition) is 5. The van der Waals surface area contributed by atoms with Crippen molar-refractivity contribution in [1.82, 2.24) is 15.5 Å². The number of aromatic nitrogens is 2. The summed E-state index contributed by atoms with van der Waals surface area (Å²) in [6.07, 6.45) is 2.25. The first-order valence-corrected chi connectivity index (χ1v) is 9.17. The molecule has 0 spiro atoms. The lowest BCUT2D eigenvalue weighted by atomic mass is 10.0. The van der Waals surface area contributed by atoms with Crippen molar-refractivity contribution in [1.29, 1.82) is 0 Å². The Bertz CT molecular complexity index is 891. The van der Waals surface area contributed by atoms with E-state index in [4.69, 9.17) is 4.74 Å². The van der Waals surface area contributed by atoms with E-state index in [1.165, 1.54) is 18.1 Å². The second kappa shape index (κ2) is 6.94. The minimum Gasteiger partial charge on any atom is -0.442 e. The number of carbonyl (C=O) groups is 2. The Balaban J connectivity index is 1.63. The SMILES string of the molecule is CNc1n[nH]c2c1CCCc1ccc(N3CC(CNC(C)=O)OC3=O)cc1-2. The molecule has 8 heteroatoms. The zero-order valence-electron chi connectivity index (χ0n) is 15.5. The van der Waals surface area contributed by atoms with Crippen LogP contribution in [0.1, 0.15) is 24.5 Å². The lowest BCUT2D eigenvalue weighted by Gasteiger charge is -2.16. The highest BCUT2D eigenvalue weighted by Gasteiger charge is 2.33. The molecule has 1 aliphatic carbocycles. The number of aromatic amines is 1. The third kappa shape index (κ3) is 3.22. The van der Waals surface area contributed by atoms with Crippen LogP contribution in [0.15, 0.2) is 18.2 Å². The van der Waals surface area contributed by atoms with Crippen molar-refractivity contribution in [3.05, 3.63) is 29.3 Å². The molecule has 2 aromatic rings. The molecule has 2 amide bonds. The molecular weight excluding hydrogens is 346 g/mol. The van der Waals surface area contributed by atoms with Gasteiger partial charge in [-0.25, -0.2) is 4.79 Å². The minimum absolute atomic E-state index is 0.137. The number of fused-ring (bicyclic) bond motifs is 3. The van der Waals surface area contributed by atoms with Gasteiger partial charge in [-0.15, -0.1) is 0 Å². The number of anilines is 2. The molecular formula is C19H23N5O3. The molecule has 27 heavy (non-hydrogen) atoms. The van der Waals surface area contributed by atoms with Crippen molar-refractivity contribution < 1.29 is 14.3 Å². The Labute approximate surface area is 157 Å². The van der Waals surface area contributed by atoms with Crippen molar-refractivity contribution in [2.75, 3.05) is 30.4 Å². The summed E-state index contributed by atoms with van der Waals surface area (Å²) in [5.74, 6) is 0.737. The Kier molecular flexibility index (Phi) is 4.47. The maximum Gasteiger partial charge on any atom is 0.414 e. The van der Waals surface area contributed by atoms with Gasteiger partial charge in [-0.1, -0.05) is 6.07 Å². The highest BCUT2D eigenvalue weighted by molar-refractivity contribution is 5.91. The third-order valence-corrected chi connectivity index (χ3v) is 5.10. The fourth-order valence-corrected chi connectivity index (χ4v) is 3.77. The molecule has 0 bridgehead atoms. The quantitative estimate of drug-likeness (QED) is 0.766. The van der Waals surface area contributed by atoms with Gasteiger partial charge in [0.2, 0.25) is 5.91 Å². The Morgan fingerprint density at radius 2 is 2.26 bits per heavy atom. The van der Waals surface area contributed by atoms with Gasteiger partial charge in [0.15, 0.2) is 5.82 Å². The van der Waals surface area contributed by atoms with E-state index >= 15 is 0 Å².